The Morgan fingerprint density at radius 1 is 1.38 bits per heavy atom. The standard InChI is InChI=1S/C17H19ClF2N2O3S/c1-9-17(26(2,23)24)22-16(21-9)15(25-14-5-3-4-13(14)20)10-6-7-12(19)11(18)8-10/h6-8,13-15H,3-5H2,1-2H3,(H,21,22)/t13-,14-,15?/m0/s1. The molecule has 0 spiro atoms. The maximum Gasteiger partial charge on any atom is 0.194 e. The largest absolute Gasteiger partial charge is 0.359 e. The highest BCUT2D eigenvalue weighted by Crippen LogP contribution is 2.34. The van der Waals surface area contributed by atoms with Crippen molar-refractivity contribution < 1.29 is 21.9 Å². The number of sulfone groups is 1. The van der Waals surface area contributed by atoms with Crippen LogP contribution in [-0.4, -0.2) is 36.9 Å². The fourth-order valence-electron chi connectivity index (χ4n) is 3.14. The summed E-state index contributed by atoms with van der Waals surface area (Å²) < 4.78 is 57.2. The molecule has 26 heavy (non-hydrogen) atoms. The summed E-state index contributed by atoms with van der Waals surface area (Å²) in [7, 11) is -3.54. The molecule has 5 nitrogen and oxygen atoms in total. The number of ether oxygens (including phenoxy) is 1. The number of halogens is 3. The third kappa shape index (κ3) is 3.92. The lowest BCUT2D eigenvalue weighted by Gasteiger charge is -2.22. The van der Waals surface area contributed by atoms with Crippen molar-refractivity contribution in [2.45, 2.75) is 49.6 Å². The van der Waals surface area contributed by atoms with Gasteiger partial charge in [0, 0.05) is 6.26 Å². The molecule has 3 rings (SSSR count). The van der Waals surface area contributed by atoms with Crippen LogP contribution in [0, 0.1) is 12.7 Å². The summed E-state index contributed by atoms with van der Waals surface area (Å²) >= 11 is 5.87. The molecule has 0 aliphatic heterocycles. The number of benzene rings is 1. The molecule has 0 radical (unpaired) electrons. The van der Waals surface area contributed by atoms with Gasteiger partial charge in [-0.1, -0.05) is 17.7 Å². The molecule has 142 valence electrons. The average molecular weight is 405 g/mol. The number of H-pyrrole nitrogens is 1. The van der Waals surface area contributed by atoms with Crippen molar-refractivity contribution in [3.63, 3.8) is 0 Å². The number of nitrogens with one attached hydrogen (secondary N) is 1. The lowest BCUT2D eigenvalue weighted by molar-refractivity contribution is -0.0258. The van der Waals surface area contributed by atoms with E-state index in [4.69, 9.17) is 16.3 Å². The Balaban J connectivity index is 2.04. The predicted molar refractivity (Wildman–Crippen MR) is 93.3 cm³/mol. The van der Waals surface area contributed by atoms with Crippen LogP contribution in [0.4, 0.5) is 8.78 Å². The SMILES string of the molecule is Cc1[nH]c(C(O[C@H]2CCC[C@@H]2F)c2ccc(F)c(Cl)c2)nc1S(C)(=O)=O. The number of nitrogens with zero attached hydrogens (tertiary/aromatic N) is 1. The summed E-state index contributed by atoms with van der Waals surface area (Å²) in [6.45, 7) is 1.58. The van der Waals surface area contributed by atoms with Crippen LogP contribution < -0.4 is 0 Å². The van der Waals surface area contributed by atoms with Gasteiger partial charge in [0.25, 0.3) is 0 Å². The number of hydrogen-bond acceptors (Lipinski definition) is 4. The lowest BCUT2D eigenvalue weighted by Crippen LogP contribution is -2.23. The molecule has 0 bridgehead atoms. The van der Waals surface area contributed by atoms with Gasteiger partial charge in [0.1, 0.15) is 23.9 Å². The topological polar surface area (TPSA) is 72.0 Å². The molecule has 1 aromatic heterocycles. The minimum Gasteiger partial charge on any atom is -0.359 e. The second kappa shape index (κ2) is 7.25. The maximum atomic E-state index is 14.1. The molecular formula is C17H19ClF2N2O3S. The lowest BCUT2D eigenvalue weighted by atomic mass is 10.1. The Labute approximate surface area is 155 Å². The van der Waals surface area contributed by atoms with Gasteiger partial charge in [-0.2, -0.15) is 0 Å². The Morgan fingerprint density at radius 2 is 2.12 bits per heavy atom. The minimum absolute atomic E-state index is 0.0995. The van der Waals surface area contributed by atoms with Crippen LogP contribution in [0.15, 0.2) is 23.2 Å². The van der Waals surface area contributed by atoms with Crippen LogP contribution in [0.25, 0.3) is 0 Å². The number of rotatable bonds is 5. The molecule has 2 aromatic rings. The summed E-state index contributed by atoms with van der Waals surface area (Å²) in [5.41, 5.74) is 0.817. The third-order valence-electron chi connectivity index (χ3n) is 4.39. The van der Waals surface area contributed by atoms with Gasteiger partial charge in [0.15, 0.2) is 14.9 Å². The van der Waals surface area contributed by atoms with Gasteiger partial charge in [-0.3, -0.25) is 0 Å². The molecule has 1 heterocycles. The van der Waals surface area contributed by atoms with E-state index in [1.807, 2.05) is 0 Å². The first kappa shape index (κ1) is 19.3. The number of aromatic nitrogens is 2. The van der Waals surface area contributed by atoms with E-state index in [1.165, 1.54) is 18.2 Å². The molecule has 1 unspecified atom stereocenters. The monoisotopic (exact) mass is 404 g/mol. The second-order valence-corrected chi connectivity index (χ2v) is 8.84. The Bertz CT molecular complexity index is 917. The Morgan fingerprint density at radius 3 is 2.65 bits per heavy atom. The van der Waals surface area contributed by atoms with Crippen LogP contribution in [-0.2, 0) is 14.6 Å². The normalized spacial score (nSPS) is 21.9. The molecule has 1 aromatic carbocycles. The zero-order valence-corrected chi connectivity index (χ0v) is 15.9. The minimum atomic E-state index is -3.54. The summed E-state index contributed by atoms with van der Waals surface area (Å²) in [5.74, 6) is -0.379. The molecule has 0 saturated heterocycles. The van der Waals surface area contributed by atoms with Crippen LogP contribution in [0.1, 0.15) is 42.4 Å². The van der Waals surface area contributed by atoms with Gasteiger partial charge in [-0.25, -0.2) is 22.2 Å². The van der Waals surface area contributed by atoms with E-state index >= 15 is 0 Å². The van der Waals surface area contributed by atoms with Crippen molar-refractivity contribution in [2.75, 3.05) is 6.26 Å². The van der Waals surface area contributed by atoms with Crippen molar-refractivity contribution in [1.82, 2.24) is 9.97 Å². The Kier molecular flexibility index (Phi) is 5.37. The van der Waals surface area contributed by atoms with E-state index in [1.54, 1.807) is 6.92 Å². The van der Waals surface area contributed by atoms with Crippen LogP contribution in [0.5, 0.6) is 0 Å². The van der Waals surface area contributed by atoms with Crippen molar-refractivity contribution in [1.29, 1.82) is 0 Å². The van der Waals surface area contributed by atoms with Gasteiger partial charge < -0.3 is 9.72 Å². The van der Waals surface area contributed by atoms with Crippen LogP contribution in [0.3, 0.4) is 0 Å². The highest BCUT2D eigenvalue weighted by molar-refractivity contribution is 7.90. The first-order valence-electron chi connectivity index (χ1n) is 8.18. The molecule has 9 heteroatoms. The number of imidazole rings is 1. The van der Waals surface area contributed by atoms with Gasteiger partial charge in [0.2, 0.25) is 0 Å². The summed E-state index contributed by atoms with van der Waals surface area (Å²) in [5, 5.41) is -0.205. The average Bonchev–Trinajstić information content (AvgIpc) is 3.13. The van der Waals surface area contributed by atoms with E-state index in [9.17, 15) is 17.2 Å². The molecular weight excluding hydrogens is 386 g/mol. The molecule has 1 aliphatic rings. The van der Waals surface area contributed by atoms with Crippen molar-refractivity contribution in [3.8, 4) is 0 Å². The molecule has 0 amide bonds. The highest BCUT2D eigenvalue weighted by Gasteiger charge is 2.33. The second-order valence-electron chi connectivity index (χ2n) is 6.50. The zero-order chi connectivity index (χ0) is 19.1. The number of hydrogen-bond donors (Lipinski definition) is 1. The van der Waals surface area contributed by atoms with E-state index in [2.05, 4.69) is 9.97 Å². The molecule has 1 N–H and O–H groups in total. The molecule has 1 saturated carbocycles. The first-order chi connectivity index (χ1) is 12.2. The fourth-order valence-corrected chi connectivity index (χ4v) is 4.20. The summed E-state index contributed by atoms with van der Waals surface area (Å²) in [4.78, 5) is 7.05. The number of alkyl halides is 1. The third-order valence-corrected chi connectivity index (χ3v) is 5.78. The summed E-state index contributed by atoms with van der Waals surface area (Å²) in [6.07, 6.45) is 0.0741. The zero-order valence-electron chi connectivity index (χ0n) is 14.3. The molecule has 1 fully saturated rings. The van der Waals surface area contributed by atoms with Gasteiger partial charge >= 0.3 is 0 Å². The van der Waals surface area contributed by atoms with Crippen LogP contribution >= 0.6 is 11.6 Å². The number of aromatic amines is 1. The van der Waals surface area contributed by atoms with Gasteiger partial charge in [0.05, 0.1) is 16.8 Å². The predicted octanol–water partition coefficient (Wildman–Crippen LogP) is 3.91. The summed E-state index contributed by atoms with van der Waals surface area (Å²) in [6, 6.07) is 4.02. The van der Waals surface area contributed by atoms with E-state index in [0.29, 0.717) is 30.5 Å². The maximum absolute atomic E-state index is 14.1. The molecule has 3 atom stereocenters. The van der Waals surface area contributed by atoms with Crippen molar-refractivity contribution >= 4 is 21.4 Å². The van der Waals surface area contributed by atoms with Gasteiger partial charge in [-0.15, -0.1) is 0 Å². The first-order valence-corrected chi connectivity index (χ1v) is 10.4. The number of aryl methyl sites for hydroxylation is 1. The van der Waals surface area contributed by atoms with E-state index in [0.717, 1.165) is 6.26 Å². The van der Waals surface area contributed by atoms with Gasteiger partial charge in [-0.05, 0) is 43.9 Å². The Hall–Kier alpha value is -1.51. The highest BCUT2D eigenvalue weighted by atomic mass is 35.5. The quantitative estimate of drug-likeness (QED) is 0.820. The van der Waals surface area contributed by atoms with Crippen molar-refractivity contribution in [3.05, 3.63) is 46.1 Å². The van der Waals surface area contributed by atoms with Crippen molar-refractivity contribution in [2.24, 2.45) is 0 Å². The molecule has 1 aliphatic carbocycles. The van der Waals surface area contributed by atoms with E-state index in [-0.39, 0.29) is 15.9 Å². The van der Waals surface area contributed by atoms with Crippen LogP contribution in [0.2, 0.25) is 5.02 Å². The smallest absolute Gasteiger partial charge is 0.194 e. The fraction of sp³-hybridized carbons (Fsp3) is 0.471. The van der Waals surface area contributed by atoms with E-state index < -0.39 is 34.0 Å².